The van der Waals surface area contributed by atoms with E-state index in [-0.39, 0.29) is 18.5 Å². The van der Waals surface area contributed by atoms with E-state index < -0.39 is 12.1 Å². The topological polar surface area (TPSA) is 95.9 Å². The molecule has 0 aromatic rings. The Kier molecular flexibility index (Phi) is 55.5. The van der Waals surface area contributed by atoms with Gasteiger partial charge in [0.2, 0.25) is 5.91 Å². The first-order valence-corrected chi connectivity index (χ1v) is 30.3. The van der Waals surface area contributed by atoms with E-state index in [0.717, 1.165) is 38.5 Å². The minimum Gasteiger partial charge on any atom is -0.466 e. The molecule has 0 aliphatic heterocycles. The summed E-state index contributed by atoms with van der Waals surface area (Å²) in [4.78, 5) is 24.5. The van der Waals surface area contributed by atoms with Crippen LogP contribution in [0.25, 0.3) is 0 Å². The van der Waals surface area contributed by atoms with Crippen LogP contribution in [0, 0.1) is 0 Å². The fourth-order valence-electron chi connectivity index (χ4n) is 9.76. The second-order valence-corrected chi connectivity index (χ2v) is 21.1. The first-order valence-electron chi connectivity index (χ1n) is 30.3. The van der Waals surface area contributed by atoms with Crippen molar-refractivity contribution in [2.24, 2.45) is 0 Å². The number of nitrogens with one attached hydrogen (secondary N) is 1. The van der Waals surface area contributed by atoms with Gasteiger partial charge in [-0.15, -0.1) is 0 Å². The SMILES string of the molecule is CCCCCCCCCCCCCCCCCCCCC(=O)OCCCCCCCCCCCCCCCCCCCCCCC(=O)NC(CO)C(O)CCCCCCCCCCCCC. The van der Waals surface area contributed by atoms with E-state index in [0.29, 0.717) is 25.9 Å². The highest BCUT2D eigenvalue weighted by atomic mass is 16.5. The third-order valence-electron chi connectivity index (χ3n) is 14.4. The van der Waals surface area contributed by atoms with Gasteiger partial charge >= 0.3 is 5.97 Å². The summed E-state index contributed by atoms with van der Waals surface area (Å²) in [5, 5.41) is 23.2. The van der Waals surface area contributed by atoms with E-state index in [1.165, 1.54) is 276 Å². The van der Waals surface area contributed by atoms with Crippen LogP contribution in [0.3, 0.4) is 0 Å². The van der Waals surface area contributed by atoms with Gasteiger partial charge in [0.05, 0.1) is 25.4 Å². The van der Waals surface area contributed by atoms with Gasteiger partial charge in [-0.1, -0.05) is 309 Å². The fourth-order valence-corrected chi connectivity index (χ4v) is 9.76. The lowest BCUT2D eigenvalue weighted by Gasteiger charge is -2.22. The summed E-state index contributed by atoms with van der Waals surface area (Å²) < 4.78 is 5.50. The standard InChI is InChI=1S/C60H119NO5/c1-3-5-7-9-11-13-15-16-17-18-24-27-30-34-38-42-46-50-54-60(65)66-55-51-47-43-39-35-31-28-25-22-20-19-21-23-26-29-33-37-41-45-49-53-59(64)61-57(56-62)58(63)52-48-44-40-36-32-14-12-10-8-6-4-2/h57-58,62-63H,3-56H2,1-2H3,(H,61,64). The van der Waals surface area contributed by atoms with E-state index in [9.17, 15) is 19.8 Å². The summed E-state index contributed by atoms with van der Waals surface area (Å²) in [6.45, 7) is 4.97. The van der Waals surface area contributed by atoms with Gasteiger partial charge < -0.3 is 20.3 Å². The molecule has 2 unspecified atom stereocenters. The Hall–Kier alpha value is -1.14. The molecule has 394 valence electrons. The Morgan fingerprint density at radius 1 is 0.364 bits per heavy atom. The van der Waals surface area contributed by atoms with Crippen LogP contribution >= 0.6 is 0 Å². The zero-order valence-electron chi connectivity index (χ0n) is 45.0. The van der Waals surface area contributed by atoms with E-state index in [1.54, 1.807) is 0 Å². The Morgan fingerprint density at radius 2 is 0.621 bits per heavy atom. The van der Waals surface area contributed by atoms with Crippen LogP contribution in [-0.2, 0) is 14.3 Å². The molecule has 0 fully saturated rings. The summed E-state index contributed by atoms with van der Waals surface area (Å²) in [6.07, 6.45) is 65.4. The van der Waals surface area contributed by atoms with Gasteiger partial charge in [0.1, 0.15) is 0 Å². The molecule has 6 nitrogen and oxygen atoms in total. The molecular weight excluding hydrogens is 815 g/mol. The van der Waals surface area contributed by atoms with E-state index >= 15 is 0 Å². The zero-order chi connectivity index (χ0) is 47.9. The number of aliphatic hydroxyl groups excluding tert-OH is 2. The monoisotopic (exact) mass is 934 g/mol. The van der Waals surface area contributed by atoms with Crippen LogP contribution < -0.4 is 5.32 Å². The molecule has 0 radical (unpaired) electrons. The van der Waals surface area contributed by atoms with Crippen molar-refractivity contribution < 1.29 is 24.5 Å². The highest BCUT2D eigenvalue weighted by Gasteiger charge is 2.20. The molecule has 6 heteroatoms. The largest absolute Gasteiger partial charge is 0.466 e. The number of hydrogen-bond donors (Lipinski definition) is 3. The minimum absolute atomic E-state index is 0.0158. The van der Waals surface area contributed by atoms with Crippen LogP contribution in [0.5, 0.6) is 0 Å². The average molecular weight is 935 g/mol. The zero-order valence-corrected chi connectivity index (χ0v) is 45.0. The molecule has 1 amide bonds. The Morgan fingerprint density at radius 3 is 0.924 bits per heavy atom. The minimum atomic E-state index is -0.663. The van der Waals surface area contributed by atoms with E-state index in [2.05, 4.69) is 19.2 Å². The number of rotatable bonds is 57. The summed E-state index contributed by atoms with van der Waals surface area (Å²) in [5.41, 5.74) is 0. The quantitative estimate of drug-likeness (QED) is 0.0417. The number of amides is 1. The van der Waals surface area contributed by atoms with Crippen molar-refractivity contribution in [1.82, 2.24) is 5.32 Å². The number of hydrogen-bond acceptors (Lipinski definition) is 5. The van der Waals surface area contributed by atoms with Crippen molar-refractivity contribution in [2.75, 3.05) is 13.2 Å². The van der Waals surface area contributed by atoms with Crippen molar-refractivity contribution in [2.45, 2.75) is 360 Å². The maximum absolute atomic E-state index is 12.4. The highest BCUT2D eigenvalue weighted by Crippen LogP contribution is 2.18. The highest BCUT2D eigenvalue weighted by molar-refractivity contribution is 5.76. The van der Waals surface area contributed by atoms with Crippen LogP contribution in [0.2, 0.25) is 0 Å². The molecule has 0 aromatic heterocycles. The van der Waals surface area contributed by atoms with Crippen molar-refractivity contribution in [1.29, 1.82) is 0 Å². The van der Waals surface area contributed by atoms with Crippen LogP contribution in [0.4, 0.5) is 0 Å². The smallest absolute Gasteiger partial charge is 0.305 e. The number of carbonyl (C=O) groups excluding carboxylic acids is 2. The maximum Gasteiger partial charge on any atom is 0.305 e. The first kappa shape index (κ1) is 64.9. The lowest BCUT2D eigenvalue weighted by molar-refractivity contribution is -0.143. The van der Waals surface area contributed by atoms with Gasteiger partial charge in [0.15, 0.2) is 0 Å². The number of carbonyl (C=O) groups is 2. The molecule has 0 aromatic carbocycles. The lowest BCUT2D eigenvalue weighted by atomic mass is 10.0. The van der Waals surface area contributed by atoms with Gasteiger partial charge in [-0.3, -0.25) is 9.59 Å². The molecule has 66 heavy (non-hydrogen) atoms. The third-order valence-corrected chi connectivity index (χ3v) is 14.4. The first-order chi connectivity index (χ1) is 32.5. The predicted octanol–water partition coefficient (Wildman–Crippen LogP) is 18.7. The number of esters is 1. The predicted molar refractivity (Wildman–Crippen MR) is 287 cm³/mol. The summed E-state index contributed by atoms with van der Waals surface area (Å²) in [7, 11) is 0. The van der Waals surface area contributed by atoms with Gasteiger partial charge in [0, 0.05) is 12.8 Å². The molecule has 0 aliphatic rings. The molecule has 0 heterocycles. The third kappa shape index (κ3) is 52.2. The van der Waals surface area contributed by atoms with Crippen LogP contribution in [0.1, 0.15) is 348 Å². The molecular formula is C60H119NO5. The normalized spacial score (nSPS) is 12.5. The molecule has 0 saturated heterocycles. The van der Waals surface area contributed by atoms with Crippen molar-refractivity contribution >= 4 is 11.9 Å². The molecule has 0 aliphatic carbocycles. The molecule has 0 bridgehead atoms. The summed E-state index contributed by atoms with van der Waals surface area (Å²) >= 11 is 0. The molecule has 0 spiro atoms. The molecule has 0 rings (SSSR count). The number of aliphatic hydroxyl groups is 2. The second-order valence-electron chi connectivity index (χ2n) is 21.1. The average Bonchev–Trinajstić information content (AvgIpc) is 3.32. The van der Waals surface area contributed by atoms with Gasteiger partial charge in [-0.05, 0) is 25.7 Å². The Bertz CT molecular complexity index is 944. The van der Waals surface area contributed by atoms with Gasteiger partial charge in [-0.25, -0.2) is 0 Å². The lowest BCUT2D eigenvalue weighted by Crippen LogP contribution is -2.45. The van der Waals surface area contributed by atoms with Crippen LogP contribution in [-0.4, -0.2) is 47.4 Å². The second kappa shape index (κ2) is 56.4. The molecule has 2 atom stereocenters. The summed E-state index contributed by atoms with van der Waals surface area (Å²) in [6, 6.07) is -0.540. The molecule has 3 N–H and O–H groups in total. The van der Waals surface area contributed by atoms with Gasteiger partial charge in [0.25, 0.3) is 0 Å². The van der Waals surface area contributed by atoms with Gasteiger partial charge in [-0.2, -0.15) is 0 Å². The van der Waals surface area contributed by atoms with Crippen molar-refractivity contribution in [3.8, 4) is 0 Å². The number of unbranched alkanes of at least 4 members (excludes halogenated alkanes) is 46. The van der Waals surface area contributed by atoms with E-state index in [4.69, 9.17) is 4.74 Å². The Balaban J connectivity index is 3.34. The van der Waals surface area contributed by atoms with Crippen molar-refractivity contribution in [3.05, 3.63) is 0 Å². The van der Waals surface area contributed by atoms with E-state index in [1.807, 2.05) is 0 Å². The number of ether oxygens (including phenoxy) is 1. The van der Waals surface area contributed by atoms with Crippen LogP contribution in [0.15, 0.2) is 0 Å². The Labute approximate surface area is 413 Å². The fraction of sp³-hybridized carbons (Fsp3) is 0.967. The molecule has 0 saturated carbocycles. The van der Waals surface area contributed by atoms with Crippen molar-refractivity contribution in [3.63, 3.8) is 0 Å². The maximum atomic E-state index is 12.4. The summed E-state index contributed by atoms with van der Waals surface area (Å²) in [5.74, 6) is -0.0200.